The first-order valence-corrected chi connectivity index (χ1v) is 11.6. The van der Waals surface area contributed by atoms with E-state index in [9.17, 15) is 9.59 Å². The second-order valence-electron chi connectivity index (χ2n) is 7.49. The predicted octanol–water partition coefficient (Wildman–Crippen LogP) is 4.22. The fourth-order valence-corrected chi connectivity index (χ4v) is 3.42. The van der Waals surface area contributed by atoms with Crippen LogP contribution in [0.2, 0.25) is 5.02 Å². The van der Waals surface area contributed by atoms with Crippen LogP contribution in [0.4, 0.5) is 15.4 Å². The lowest BCUT2D eigenvalue weighted by Crippen LogP contribution is -2.43. The molecule has 1 aromatic heterocycles. The first-order chi connectivity index (χ1) is 17.6. The third-order valence-corrected chi connectivity index (χ3v) is 5.41. The van der Waals surface area contributed by atoms with Crippen molar-refractivity contribution in [1.82, 2.24) is 20.1 Å². The Morgan fingerprint density at radius 3 is 2.61 bits per heavy atom. The van der Waals surface area contributed by atoms with Gasteiger partial charge >= 0.3 is 12.1 Å². The van der Waals surface area contributed by atoms with E-state index in [0.717, 1.165) is 16.3 Å². The molecule has 3 N–H and O–H groups in total. The van der Waals surface area contributed by atoms with Gasteiger partial charge in [-0.1, -0.05) is 54.1 Å². The van der Waals surface area contributed by atoms with Gasteiger partial charge in [0.15, 0.2) is 0 Å². The van der Waals surface area contributed by atoms with Crippen molar-refractivity contribution in [3.8, 4) is 0 Å². The van der Waals surface area contributed by atoms with Gasteiger partial charge in [0.25, 0.3) is 0 Å². The molecule has 36 heavy (non-hydrogen) atoms. The van der Waals surface area contributed by atoms with Crippen LogP contribution < -0.4 is 15.5 Å². The van der Waals surface area contributed by atoms with Crippen molar-refractivity contribution in [2.75, 3.05) is 44.8 Å². The van der Waals surface area contributed by atoms with Crippen LogP contribution in [0.5, 0.6) is 0 Å². The zero-order valence-electron chi connectivity index (χ0n) is 19.5. The van der Waals surface area contributed by atoms with Crippen molar-refractivity contribution in [1.29, 1.82) is 5.53 Å². The van der Waals surface area contributed by atoms with Gasteiger partial charge in [-0.3, -0.25) is 5.32 Å². The molecule has 0 fully saturated rings. The van der Waals surface area contributed by atoms with E-state index in [1.165, 1.54) is 4.90 Å². The van der Waals surface area contributed by atoms with Crippen molar-refractivity contribution < 1.29 is 19.1 Å². The van der Waals surface area contributed by atoms with Crippen LogP contribution in [-0.4, -0.2) is 61.5 Å². The lowest BCUT2D eigenvalue weighted by atomic mass is 10.2. The zero-order chi connectivity index (χ0) is 25.6. The van der Waals surface area contributed by atoms with E-state index in [1.54, 1.807) is 18.3 Å². The number of hydrogen-bond donors (Lipinski definition) is 3. The van der Waals surface area contributed by atoms with Crippen LogP contribution >= 0.6 is 11.6 Å². The predicted molar refractivity (Wildman–Crippen MR) is 135 cm³/mol. The van der Waals surface area contributed by atoms with E-state index >= 15 is 0 Å². The molecular weight excluding hydrogens is 486 g/mol. The van der Waals surface area contributed by atoms with Crippen molar-refractivity contribution in [3.63, 3.8) is 0 Å². The fraction of sp³-hybridized carbons (Fsp3) is 0.292. The van der Waals surface area contributed by atoms with Gasteiger partial charge < -0.3 is 19.7 Å². The fourth-order valence-electron chi connectivity index (χ4n) is 3.21. The highest BCUT2D eigenvalue weighted by atomic mass is 35.5. The van der Waals surface area contributed by atoms with Crippen LogP contribution in [0.15, 0.2) is 65.9 Å². The molecule has 0 aliphatic rings. The molecule has 0 saturated heterocycles. The van der Waals surface area contributed by atoms with E-state index < -0.39 is 6.09 Å². The van der Waals surface area contributed by atoms with Gasteiger partial charge in [-0.2, -0.15) is 0 Å². The highest BCUT2D eigenvalue weighted by Crippen LogP contribution is 2.16. The molecule has 0 unspecified atom stereocenters. The van der Waals surface area contributed by atoms with Gasteiger partial charge in [0.1, 0.15) is 29.6 Å². The van der Waals surface area contributed by atoms with Crippen LogP contribution in [0.3, 0.4) is 0 Å². The normalized spacial score (nSPS) is 10.4. The number of ether oxygens (including phenoxy) is 2. The number of halogens is 1. The number of pyridine rings is 1. The lowest BCUT2D eigenvalue weighted by molar-refractivity contribution is 0.102. The molecule has 0 radical (unpaired) electrons. The molecule has 0 aliphatic heterocycles. The number of urea groups is 1. The number of hydrogen-bond acceptors (Lipinski definition) is 7. The summed E-state index contributed by atoms with van der Waals surface area (Å²) in [5.74, 6) is 0.367. The van der Waals surface area contributed by atoms with Gasteiger partial charge in [0.05, 0.1) is 19.8 Å². The summed E-state index contributed by atoms with van der Waals surface area (Å²) in [4.78, 5) is 33.6. The highest BCUT2D eigenvalue weighted by Gasteiger charge is 2.15. The highest BCUT2D eigenvalue weighted by molar-refractivity contribution is 6.31. The Labute approximate surface area is 213 Å². The van der Waals surface area contributed by atoms with E-state index in [4.69, 9.17) is 26.6 Å². The van der Waals surface area contributed by atoms with Crippen molar-refractivity contribution >= 4 is 40.3 Å². The Morgan fingerprint density at radius 1 is 1.06 bits per heavy atom. The molecule has 0 bridgehead atoms. The number of nitrogens with zero attached hydrogens (tertiary/aromatic N) is 4. The molecule has 2 aromatic carbocycles. The topological polar surface area (TPSA) is 143 Å². The first kappa shape index (κ1) is 26.6. The Balaban J connectivity index is 1.50. The third-order valence-electron chi connectivity index (χ3n) is 5.04. The van der Waals surface area contributed by atoms with E-state index in [1.807, 2.05) is 42.5 Å². The van der Waals surface area contributed by atoms with Crippen LogP contribution in [-0.2, 0) is 16.0 Å². The minimum atomic E-state index is -0.675. The molecule has 12 heteroatoms. The summed E-state index contributed by atoms with van der Waals surface area (Å²) < 4.78 is 10.7. The molecular formula is C24H27ClN7O4+. The molecule has 3 aromatic rings. The number of carbonyl (C=O) groups excluding carboxylic acids is 2. The number of carbonyl (C=O) groups is 2. The minimum Gasteiger partial charge on any atom is -0.447 e. The van der Waals surface area contributed by atoms with Crippen LogP contribution in [0.25, 0.3) is 10.8 Å². The van der Waals surface area contributed by atoms with E-state index in [0.29, 0.717) is 10.8 Å². The van der Waals surface area contributed by atoms with E-state index in [2.05, 4.69) is 25.6 Å². The number of benzene rings is 2. The zero-order valence-corrected chi connectivity index (χ0v) is 20.3. The quantitative estimate of drug-likeness (QED) is 0.189. The van der Waals surface area contributed by atoms with Gasteiger partial charge in [-0.15, -0.1) is 0 Å². The van der Waals surface area contributed by atoms with Gasteiger partial charge in [0, 0.05) is 29.7 Å². The Bertz CT molecular complexity index is 1220. The number of nitrogens with one attached hydrogen (secondary N) is 3. The molecule has 1 heterocycles. The first-order valence-electron chi connectivity index (χ1n) is 11.2. The van der Waals surface area contributed by atoms with Crippen LogP contribution in [0, 0.1) is 5.53 Å². The lowest BCUT2D eigenvalue weighted by Gasteiger charge is -2.23. The Hall–Kier alpha value is -4.05. The van der Waals surface area contributed by atoms with Gasteiger partial charge in [-0.25, -0.2) is 14.6 Å². The maximum Gasteiger partial charge on any atom is 0.412 e. The molecule has 0 aliphatic carbocycles. The average molecular weight is 513 g/mol. The number of amides is 3. The maximum absolute atomic E-state index is 12.8. The summed E-state index contributed by atoms with van der Waals surface area (Å²) in [5.41, 5.74) is 7.42. The molecule has 188 valence electrons. The summed E-state index contributed by atoms with van der Waals surface area (Å²) in [7, 11) is 0. The summed E-state index contributed by atoms with van der Waals surface area (Å²) in [6.45, 7) is 1.37. The number of rotatable bonds is 12. The van der Waals surface area contributed by atoms with Gasteiger partial charge in [0.2, 0.25) is 4.91 Å². The number of anilines is 1. The molecule has 0 spiro atoms. The molecule has 11 nitrogen and oxygen atoms in total. The Morgan fingerprint density at radius 2 is 1.81 bits per heavy atom. The van der Waals surface area contributed by atoms with Crippen molar-refractivity contribution in [2.24, 2.45) is 5.11 Å². The summed E-state index contributed by atoms with van der Waals surface area (Å²) in [6.07, 6.45) is 0.993. The van der Waals surface area contributed by atoms with Gasteiger partial charge in [-0.05, 0) is 23.1 Å². The molecule has 3 amide bonds. The summed E-state index contributed by atoms with van der Waals surface area (Å²) in [6, 6.07) is 16.3. The molecule has 0 atom stereocenters. The number of fused-ring (bicyclic) bond motifs is 1. The van der Waals surface area contributed by atoms with Crippen molar-refractivity contribution in [3.05, 3.63) is 71.4 Å². The van der Waals surface area contributed by atoms with E-state index in [-0.39, 0.29) is 52.0 Å². The smallest absolute Gasteiger partial charge is 0.412 e. The minimum absolute atomic E-state index is 0.0357. The third kappa shape index (κ3) is 8.62. The second kappa shape index (κ2) is 14.4. The van der Waals surface area contributed by atoms with Crippen molar-refractivity contribution in [2.45, 2.75) is 6.54 Å². The molecule has 3 rings (SSSR count). The standard InChI is InChI=1S/C24H26ClN7O4/c25-21-8-4-3-7-20(21)17-28-23(33)32(10-13-35-12-9-29-31-26)11-14-36-24(34)30-22-15-18-5-1-2-6-19(18)16-27-22/h1-8,15-16,26H,9-14,17H2,(H-,27,28,30,33,34)/p+1. The monoisotopic (exact) mass is 512 g/mol. The number of aromatic nitrogens is 1. The maximum atomic E-state index is 12.8. The SMILES string of the molecule is N=[N+]=NCCOCCN(CCOC(=O)Nc1cc2ccccc2cn1)C(=O)NCc1ccccc1Cl. The summed E-state index contributed by atoms with van der Waals surface area (Å²) in [5, 5.41) is 11.4. The largest absolute Gasteiger partial charge is 0.447 e. The average Bonchev–Trinajstić information content (AvgIpc) is 2.89. The second-order valence-corrected chi connectivity index (χ2v) is 7.90. The van der Waals surface area contributed by atoms with Crippen LogP contribution in [0.1, 0.15) is 5.56 Å². The molecule has 0 saturated carbocycles. The summed E-state index contributed by atoms with van der Waals surface area (Å²) >= 11 is 6.16. The Kier molecular flexibility index (Phi) is 10.6.